The maximum absolute atomic E-state index is 13.1. The number of hydrogen-bond acceptors (Lipinski definition) is 6. The van der Waals surface area contributed by atoms with Crippen molar-refractivity contribution < 1.29 is 9.53 Å². The highest BCUT2D eigenvalue weighted by Crippen LogP contribution is 2.31. The first-order chi connectivity index (χ1) is 14.9. The smallest absolute Gasteiger partial charge is 0.230 e. The van der Waals surface area contributed by atoms with E-state index in [-0.39, 0.29) is 5.91 Å². The largest absolute Gasteiger partial charge is 0.383 e. The van der Waals surface area contributed by atoms with Gasteiger partial charge in [-0.1, -0.05) is 6.07 Å². The third kappa shape index (κ3) is 3.57. The molecule has 31 heavy (non-hydrogen) atoms. The van der Waals surface area contributed by atoms with E-state index in [1.165, 1.54) is 0 Å². The van der Waals surface area contributed by atoms with Gasteiger partial charge in [0, 0.05) is 30.9 Å². The molecular formula is C23H26N6O2. The first-order valence-corrected chi connectivity index (χ1v) is 10.6. The number of pyridine rings is 1. The predicted octanol–water partition coefficient (Wildman–Crippen LogP) is 2.52. The molecule has 1 saturated heterocycles. The standard InChI is InChI=1S/C23H26N6O2/c1-23(2,22(30)28-7-9-31-10-8-28)14-29-13-18-20(27-29)17-4-3-15(16-5-6-25-12-16)11-19(17)26-21(18)24/h3-6,11,13H,7-10,12,14H2,1-2H3,(H2,24,26). The fourth-order valence-corrected chi connectivity index (χ4v) is 4.30. The molecule has 0 spiro atoms. The summed E-state index contributed by atoms with van der Waals surface area (Å²) in [5.41, 5.74) is 9.56. The molecule has 2 N–H and O–H groups in total. The van der Waals surface area contributed by atoms with Crippen LogP contribution >= 0.6 is 0 Å². The maximum Gasteiger partial charge on any atom is 0.230 e. The Balaban J connectivity index is 1.48. The highest BCUT2D eigenvalue weighted by molar-refractivity contribution is 6.08. The van der Waals surface area contributed by atoms with Crippen molar-refractivity contribution in [1.82, 2.24) is 19.7 Å². The quantitative estimate of drug-likeness (QED) is 0.702. The summed E-state index contributed by atoms with van der Waals surface area (Å²) >= 11 is 0. The molecule has 0 bridgehead atoms. The van der Waals surface area contributed by atoms with Gasteiger partial charge in [-0.25, -0.2) is 4.98 Å². The molecule has 5 rings (SSSR count). The lowest BCUT2D eigenvalue weighted by Crippen LogP contribution is -2.48. The summed E-state index contributed by atoms with van der Waals surface area (Å²) in [6.45, 7) is 7.51. The SMILES string of the molecule is CC(C)(Cn1cc2c(N)nc3cc(C4=CC=NC4)ccc3c2n1)C(=O)N1CCOCC1. The molecule has 3 aromatic rings. The summed E-state index contributed by atoms with van der Waals surface area (Å²) in [6.07, 6.45) is 5.74. The van der Waals surface area contributed by atoms with Crippen molar-refractivity contribution in [2.45, 2.75) is 20.4 Å². The third-order valence-electron chi connectivity index (χ3n) is 5.98. The Morgan fingerprint density at radius 3 is 2.77 bits per heavy atom. The zero-order chi connectivity index (χ0) is 21.6. The van der Waals surface area contributed by atoms with Gasteiger partial charge in [0.1, 0.15) is 11.3 Å². The molecule has 160 valence electrons. The Hall–Kier alpha value is -3.26. The molecule has 0 radical (unpaired) electrons. The van der Waals surface area contributed by atoms with Crippen molar-refractivity contribution >= 4 is 45.3 Å². The minimum Gasteiger partial charge on any atom is -0.383 e. The van der Waals surface area contributed by atoms with Gasteiger partial charge in [0.2, 0.25) is 5.91 Å². The molecule has 0 atom stereocenters. The van der Waals surface area contributed by atoms with Gasteiger partial charge in [0.05, 0.1) is 42.6 Å². The lowest BCUT2D eigenvalue weighted by atomic mass is 9.91. The van der Waals surface area contributed by atoms with Crippen LogP contribution in [0.4, 0.5) is 5.82 Å². The Bertz CT molecular complexity index is 1230. The summed E-state index contributed by atoms with van der Waals surface area (Å²) in [5, 5.41) is 6.56. The fourth-order valence-electron chi connectivity index (χ4n) is 4.30. The van der Waals surface area contributed by atoms with Crippen molar-refractivity contribution in [3.8, 4) is 0 Å². The number of ether oxygens (including phenoxy) is 1. The van der Waals surface area contributed by atoms with E-state index in [4.69, 9.17) is 15.6 Å². The van der Waals surface area contributed by atoms with Gasteiger partial charge in [-0.15, -0.1) is 0 Å². The Morgan fingerprint density at radius 2 is 2.03 bits per heavy atom. The molecule has 1 amide bonds. The molecule has 2 aliphatic rings. The molecule has 4 heterocycles. The number of carbonyl (C=O) groups excluding carboxylic acids is 1. The van der Waals surface area contributed by atoms with Crippen molar-refractivity contribution in [3.63, 3.8) is 0 Å². The number of carbonyl (C=O) groups is 1. The highest BCUT2D eigenvalue weighted by atomic mass is 16.5. The van der Waals surface area contributed by atoms with E-state index in [2.05, 4.69) is 16.0 Å². The van der Waals surface area contributed by atoms with Crippen LogP contribution in [0.5, 0.6) is 0 Å². The third-order valence-corrected chi connectivity index (χ3v) is 5.98. The number of nitrogens with zero attached hydrogens (tertiary/aromatic N) is 5. The van der Waals surface area contributed by atoms with E-state index in [1.54, 1.807) is 0 Å². The molecule has 8 heteroatoms. The van der Waals surface area contributed by atoms with Crippen LogP contribution in [0.25, 0.3) is 27.4 Å². The van der Waals surface area contributed by atoms with Crippen LogP contribution < -0.4 is 5.73 Å². The van der Waals surface area contributed by atoms with Crippen LogP contribution in [0, 0.1) is 5.41 Å². The molecule has 2 aliphatic heterocycles. The van der Waals surface area contributed by atoms with Gasteiger partial charge in [-0.3, -0.25) is 14.5 Å². The van der Waals surface area contributed by atoms with Crippen molar-refractivity contribution in [2.75, 3.05) is 38.6 Å². The Kier molecular flexibility index (Phi) is 4.74. The van der Waals surface area contributed by atoms with Gasteiger partial charge in [0.25, 0.3) is 0 Å². The highest BCUT2D eigenvalue weighted by Gasteiger charge is 2.33. The lowest BCUT2D eigenvalue weighted by molar-refractivity contribution is -0.145. The number of benzene rings is 1. The van der Waals surface area contributed by atoms with E-state index >= 15 is 0 Å². The fraction of sp³-hybridized carbons (Fsp3) is 0.391. The first-order valence-electron chi connectivity index (χ1n) is 10.6. The molecular weight excluding hydrogens is 392 g/mol. The summed E-state index contributed by atoms with van der Waals surface area (Å²) < 4.78 is 7.19. The first kappa shape index (κ1) is 19.7. The minimum atomic E-state index is -0.598. The van der Waals surface area contributed by atoms with Gasteiger partial charge >= 0.3 is 0 Å². The van der Waals surface area contributed by atoms with Crippen molar-refractivity contribution in [1.29, 1.82) is 0 Å². The van der Waals surface area contributed by atoms with E-state index < -0.39 is 5.41 Å². The Labute approximate surface area is 180 Å². The van der Waals surface area contributed by atoms with Crippen LogP contribution in [0.15, 0.2) is 35.5 Å². The van der Waals surface area contributed by atoms with E-state index in [0.717, 1.165) is 32.9 Å². The van der Waals surface area contributed by atoms with Crippen LogP contribution in [0.1, 0.15) is 19.4 Å². The second kappa shape index (κ2) is 7.46. The van der Waals surface area contributed by atoms with Crippen molar-refractivity contribution in [3.05, 3.63) is 36.0 Å². The number of rotatable bonds is 4. The minimum absolute atomic E-state index is 0.114. The van der Waals surface area contributed by atoms with Crippen LogP contribution in [-0.4, -0.2) is 64.6 Å². The zero-order valence-electron chi connectivity index (χ0n) is 17.8. The van der Waals surface area contributed by atoms with Crippen LogP contribution in [-0.2, 0) is 16.1 Å². The molecule has 1 aromatic carbocycles. The van der Waals surface area contributed by atoms with Gasteiger partial charge in [-0.2, -0.15) is 5.10 Å². The van der Waals surface area contributed by atoms with E-state index in [1.807, 2.05) is 54.0 Å². The molecule has 1 fully saturated rings. The second-order valence-corrected chi connectivity index (χ2v) is 8.79. The van der Waals surface area contributed by atoms with Gasteiger partial charge in [0.15, 0.2) is 0 Å². The average Bonchev–Trinajstić information content (AvgIpc) is 3.44. The topological polar surface area (TPSA) is 98.6 Å². The van der Waals surface area contributed by atoms with Gasteiger partial charge < -0.3 is 15.4 Å². The number of fused-ring (bicyclic) bond motifs is 3. The maximum atomic E-state index is 13.1. The Morgan fingerprint density at radius 1 is 1.23 bits per heavy atom. The molecule has 0 aliphatic carbocycles. The summed E-state index contributed by atoms with van der Waals surface area (Å²) in [5.74, 6) is 0.558. The van der Waals surface area contributed by atoms with Crippen LogP contribution in [0.3, 0.4) is 0 Å². The second-order valence-electron chi connectivity index (χ2n) is 8.79. The van der Waals surface area contributed by atoms with E-state index in [0.29, 0.717) is 45.2 Å². The predicted molar refractivity (Wildman–Crippen MR) is 122 cm³/mol. The number of hydrogen-bond donors (Lipinski definition) is 1. The summed E-state index contributed by atoms with van der Waals surface area (Å²) in [6, 6.07) is 6.15. The number of nitrogens with two attached hydrogens (primary N) is 1. The lowest BCUT2D eigenvalue weighted by Gasteiger charge is -2.34. The summed E-state index contributed by atoms with van der Waals surface area (Å²) in [7, 11) is 0. The number of anilines is 1. The number of amides is 1. The normalized spacial score (nSPS) is 17.0. The monoisotopic (exact) mass is 418 g/mol. The molecule has 0 unspecified atom stereocenters. The number of aromatic nitrogens is 3. The number of nitrogen functional groups attached to an aromatic ring is 1. The molecule has 0 saturated carbocycles. The van der Waals surface area contributed by atoms with Gasteiger partial charge in [-0.05, 0) is 43.2 Å². The van der Waals surface area contributed by atoms with Crippen molar-refractivity contribution in [2.24, 2.45) is 10.4 Å². The van der Waals surface area contributed by atoms with Crippen LogP contribution in [0.2, 0.25) is 0 Å². The zero-order valence-corrected chi connectivity index (χ0v) is 17.8. The molecule has 8 nitrogen and oxygen atoms in total. The average molecular weight is 419 g/mol. The molecule has 2 aromatic heterocycles. The number of aliphatic imine (C=N–C) groups is 1. The van der Waals surface area contributed by atoms with E-state index in [9.17, 15) is 4.79 Å². The number of allylic oxidation sites excluding steroid dienone is 1. The number of morpholine rings is 1. The summed E-state index contributed by atoms with van der Waals surface area (Å²) in [4.78, 5) is 23.8.